The average Bonchev–Trinajstić information content (AvgIpc) is 2.31. The molecule has 0 aliphatic carbocycles. The van der Waals surface area contributed by atoms with Crippen molar-refractivity contribution in [3.63, 3.8) is 0 Å². The van der Waals surface area contributed by atoms with Crippen LogP contribution in [-0.4, -0.2) is 6.54 Å². The number of anilines is 1. The monoisotopic (exact) mass is 211 g/mol. The maximum absolute atomic E-state index is 8.70. The highest BCUT2D eigenvalue weighted by atomic mass is 15.1. The molecule has 0 amide bonds. The number of hydrogen-bond acceptors (Lipinski definition) is 3. The molecule has 0 atom stereocenters. The lowest BCUT2D eigenvalue weighted by molar-refractivity contribution is 1.01. The van der Waals surface area contributed by atoms with Gasteiger partial charge < -0.3 is 5.73 Å². The van der Waals surface area contributed by atoms with Crippen LogP contribution in [0.15, 0.2) is 23.3 Å². The van der Waals surface area contributed by atoms with Crippen molar-refractivity contribution in [3.8, 4) is 17.9 Å². The van der Waals surface area contributed by atoms with Crippen LogP contribution in [0.5, 0.6) is 0 Å². The predicted molar refractivity (Wildman–Crippen MR) is 61.1 cm³/mol. The predicted octanol–water partition coefficient (Wildman–Crippen LogP) is 2.19. The molecule has 0 saturated heterocycles. The molecule has 1 aromatic rings. The highest BCUT2D eigenvalue weighted by molar-refractivity contribution is 5.58. The van der Waals surface area contributed by atoms with Crippen LogP contribution < -0.4 is 5.73 Å². The molecular formula is C11H9N5. The molecule has 2 N–H and O–H groups in total. The molecule has 1 rings (SSSR count). The molecule has 5 heteroatoms. The Bertz CT molecular complexity index is 524. The van der Waals surface area contributed by atoms with Crippen molar-refractivity contribution < 1.29 is 0 Å². The summed E-state index contributed by atoms with van der Waals surface area (Å²) in [5.74, 6) is 5.66. The molecule has 0 aromatic heterocycles. The van der Waals surface area contributed by atoms with Gasteiger partial charge in [0.15, 0.2) is 0 Å². The van der Waals surface area contributed by atoms with Crippen LogP contribution in [0.25, 0.3) is 10.4 Å². The zero-order chi connectivity index (χ0) is 11.8. The third-order valence-corrected chi connectivity index (χ3v) is 1.81. The Morgan fingerprint density at radius 3 is 3.00 bits per heavy atom. The maximum atomic E-state index is 8.70. The fraction of sp³-hybridized carbons (Fsp3) is 0.182. The number of nitrogens with zero attached hydrogens (tertiary/aromatic N) is 4. The van der Waals surface area contributed by atoms with E-state index in [1.807, 2.05) is 6.07 Å². The summed E-state index contributed by atoms with van der Waals surface area (Å²) in [4.78, 5) is 2.61. The second kappa shape index (κ2) is 5.98. The summed E-state index contributed by atoms with van der Waals surface area (Å²) in [5, 5.41) is 12.1. The second-order valence-electron chi connectivity index (χ2n) is 2.92. The number of rotatable bonds is 2. The Labute approximate surface area is 93.1 Å². The van der Waals surface area contributed by atoms with Crippen molar-refractivity contribution >= 4 is 5.69 Å². The molecule has 16 heavy (non-hydrogen) atoms. The van der Waals surface area contributed by atoms with Crippen LogP contribution in [-0.2, 0) is 0 Å². The summed E-state index contributed by atoms with van der Waals surface area (Å²) in [6.07, 6.45) is 0.473. The fourth-order valence-electron chi connectivity index (χ4n) is 1.04. The molecule has 0 spiro atoms. The molecule has 0 heterocycles. The lowest BCUT2D eigenvalue weighted by Gasteiger charge is -1.97. The molecule has 0 fully saturated rings. The first-order valence-corrected chi connectivity index (χ1v) is 4.57. The van der Waals surface area contributed by atoms with Crippen molar-refractivity contribution in [1.82, 2.24) is 0 Å². The van der Waals surface area contributed by atoms with Crippen LogP contribution in [0.2, 0.25) is 0 Å². The van der Waals surface area contributed by atoms with Crippen molar-refractivity contribution in [2.45, 2.75) is 6.42 Å². The number of nitrogen functional groups attached to an aromatic ring is 1. The normalized spacial score (nSPS) is 8.19. The van der Waals surface area contributed by atoms with Crippen molar-refractivity contribution in [2.24, 2.45) is 5.11 Å². The van der Waals surface area contributed by atoms with E-state index in [9.17, 15) is 0 Å². The van der Waals surface area contributed by atoms with Crippen LogP contribution >= 0.6 is 0 Å². The minimum Gasteiger partial charge on any atom is -0.398 e. The molecule has 0 saturated carbocycles. The summed E-state index contributed by atoms with van der Waals surface area (Å²) in [5.41, 5.74) is 15.4. The number of nitrogens with two attached hydrogens (primary N) is 1. The summed E-state index contributed by atoms with van der Waals surface area (Å²) < 4.78 is 0. The first kappa shape index (κ1) is 11.5. The van der Waals surface area contributed by atoms with Gasteiger partial charge in [-0.05, 0) is 23.7 Å². The van der Waals surface area contributed by atoms with E-state index >= 15 is 0 Å². The van der Waals surface area contributed by atoms with E-state index in [0.29, 0.717) is 29.8 Å². The molecule has 78 valence electrons. The van der Waals surface area contributed by atoms with Crippen molar-refractivity contribution in [1.29, 1.82) is 5.26 Å². The third-order valence-electron chi connectivity index (χ3n) is 1.81. The van der Waals surface area contributed by atoms with Gasteiger partial charge in [-0.25, -0.2) is 0 Å². The van der Waals surface area contributed by atoms with Gasteiger partial charge in [0.1, 0.15) is 0 Å². The number of azide groups is 1. The molecule has 0 unspecified atom stereocenters. The van der Waals surface area contributed by atoms with Crippen LogP contribution in [0, 0.1) is 23.2 Å². The first-order chi connectivity index (χ1) is 7.77. The highest BCUT2D eigenvalue weighted by Crippen LogP contribution is 2.12. The van der Waals surface area contributed by atoms with E-state index in [1.165, 1.54) is 0 Å². The smallest absolute Gasteiger partial charge is 0.0992 e. The van der Waals surface area contributed by atoms with Gasteiger partial charge in [-0.1, -0.05) is 17.0 Å². The van der Waals surface area contributed by atoms with Gasteiger partial charge in [0.2, 0.25) is 0 Å². The molecule has 0 aliphatic heterocycles. The number of nitriles is 1. The lowest BCUT2D eigenvalue weighted by Crippen LogP contribution is -1.90. The quantitative estimate of drug-likeness (QED) is 0.202. The van der Waals surface area contributed by atoms with Crippen LogP contribution in [0.4, 0.5) is 5.69 Å². The zero-order valence-corrected chi connectivity index (χ0v) is 8.51. The molecule has 0 aliphatic rings. The van der Waals surface area contributed by atoms with Gasteiger partial charge in [-0.3, -0.25) is 0 Å². The largest absolute Gasteiger partial charge is 0.398 e. The summed E-state index contributed by atoms with van der Waals surface area (Å²) in [6, 6.07) is 6.94. The van der Waals surface area contributed by atoms with Gasteiger partial charge in [-0.15, -0.1) is 0 Å². The topological polar surface area (TPSA) is 98.6 Å². The van der Waals surface area contributed by atoms with E-state index in [-0.39, 0.29) is 0 Å². The molecule has 0 bridgehead atoms. The second-order valence-corrected chi connectivity index (χ2v) is 2.92. The summed E-state index contributed by atoms with van der Waals surface area (Å²) in [7, 11) is 0. The van der Waals surface area contributed by atoms with Gasteiger partial charge in [0.25, 0.3) is 0 Å². The minimum atomic E-state index is 0.335. The standard InChI is InChI=1S/C11H9N5/c12-8-9-4-5-11(13)10(7-9)3-1-2-6-15-16-14/h4-5,7H,2,6,13H2. The Balaban J connectivity index is 2.80. The first-order valence-electron chi connectivity index (χ1n) is 4.57. The van der Waals surface area contributed by atoms with Gasteiger partial charge in [0.05, 0.1) is 11.6 Å². The molecule has 0 radical (unpaired) electrons. The van der Waals surface area contributed by atoms with Crippen LogP contribution in [0.1, 0.15) is 17.5 Å². The summed E-state index contributed by atoms with van der Waals surface area (Å²) >= 11 is 0. The maximum Gasteiger partial charge on any atom is 0.0992 e. The summed E-state index contributed by atoms with van der Waals surface area (Å²) in [6.45, 7) is 0.335. The number of hydrogen-bond donors (Lipinski definition) is 1. The highest BCUT2D eigenvalue weighted by Gasteiger charge is 1.96. The molecule has 1 aromatic carbocycles. The van der Waals surface area contributed by atoms with E-state index < -0.39 is 0 Å². The molecule has 5 nitrogen and oxygen atoms in total. The Kier molecular flexibility index (Phi) is 4.28. The minimum absolute atomic E-state index is 0.335. The van der Waals surface area contributed by atoms with E-state index in [1.54, 1.807) is 18.2 Å². The average molecular weight is 211 g/mol. The Morgan fingerprint density at radius 2 is 2.31 bits per heavy atom. The van der Waals surface area contributed by atoms with Gasteiger partial charge in [-0.2, -0.15) is 5.26 Å². The van der Waals surface area contributed by atoms with E-state index in [4.69, 9.17) is 16.5 Å². The van der Waals surface area contributed by atoms with Gasteiger partial charge in [0, 0.05) is 29.1 Å². The third kappa shape index (κ3) is 3.26. The lowest BCUT2D eigenvalue weighted by atomic mass is 10.1. The number of benzene rings is 1. The van der Waals surface area contributed by atoms with Crippen molar-refractivity contribution in [2.75, 3.05) is 12.3 Å². The van der Waals surface area contributed by atoms with Crippen LogP contribution in [0.3, 0.4) is 0 Å². The molecular weight excluding hydrogens is 202 g/mol. The van der Waals surface area contributed by atoms with Gasteiger partial charge >= 0.3 is 0 Å². The zero-order valence-electron chi connectivity index (χ0n) is 8.51. The van der Waals surface area contributed by atoms with E-state index in [2.05, 4.69) is 21.9 Å². The Hall–Kier alpha value is -2.62. The Morgan fingerprint density at radius 1 is 1.50 bits per heavy atom. The SMILES string of the molecule is N#Cc1ccc(N)c(C#CCCN=[N+]=[N-])c1. The fourth-order valence-corrected chi connectivity index (χ4v) is 1.04. The van der Waals surface area contributed by atoms with Crippen molar-refractivity contribution in [3.05, 3.63) is 39.8 Å². The van der Waals surface area contributed by atoms with E-state index in [0.717, 1.165) is 0 Å².